The summed E-state index contributed by atoms with van der Waals surface area (Å²) in [6, 6.07) is 6.36. The second-order valence-electron chi connectivity index (χ2n) is 3.72. The maximum atomic E-state index is 13.6. The van der Waals surface area contributed by atoms with E-state index in [1.54, 1.807) is 24.3 Å². The SMILES string of the molecule is C=Cc1cc(O)cc2ccc(F)c(CC)c12. The largest absolute Gasteiger partial charge is 0.508 e. The smallest absolute Gasteiger partial charge is 0.127 e. The number of hydrogen-bond acceptors (Lipinski definition) is 1. The van der Waals surface area contributed by atoms with Crippen LogP contribution in [0.4, 0.5) is 4.39 Å². The minimum atomic E-state index is -0.205. The molecule has 1 N–H and O–H groups in total. The minimum Gasteiger partial charge on any atom is -0.508 e. The predicted molar refractivity (Wildman–Crippen MR) is 65.0 cm³/mol. The molecule has 82 valence electrons. The molecule has 0 aromatic heterocycles. The predicted octanol–water partition coefficient (Wildman–Crippen LogP) is 3.89. The third-order valence-electron chi connectivity index (χ3n) is 2.76. The molecule has 0 aliphatic heterocycles. The van der Waals surface area contributed by atoms with Gasteiger partial charge in [0.25, 0.3) is 0 Å². The van der Waals surface area contributed by atoms with Crippen LogP contribution in [0.25, 0.3) is 16.8 Å². The number of halogens is 1. The van der Waals surface area contributed by atoms with Gasteiger partial charge in [0, 0.05) is 0 Å². The molecule has 0 aliphatic rings. The number of benzene rings is 2. The zero-order valence-corrected chi connectivity index (χ0v) is 9.13. The molecule has 0 bridgehead atoms. The summed E-state index contributed by atoms with van der Waals surface area (Å²) in [6.45, 7) is 5.61. The topological polar surface area (TPSA) is 20.2 Å². The van der Waals surface area contributed by atoms with Crippen molar-refractivity contribution in [3.05, 3.63) is 47.8 Å². The Kier molecular flexibility index (Phi) is 2.65. The molecule has 0 radical (unpaired) electrons. The van der Waals surface area contributed by atoms with Gasteiger partial charge in [0.15, 0.2) is 0 Å². The van der Waals surface area contributed by atoms with Gasteiger partial charge in [0.1, 0.15) is 11.6 Å². The second kappa shape index (κ2) is 3.97. The number of fused-ring (bicyclic) bond motifs is 1. The monoisotopic (exact) mass is 216 g/mol. The normalized spacial score (nSPS) is 10.6. The standard InChI is InChI=1S/C14H13FO/c1-3-9-7-11(16)8-10-5-6-13(15)12(4-2)14(9)10/h3,5-8,16H,1,4H2,2H3. The van der Waals surface area contributed by atoms with Gasteiger partial charge in [-0.3, -0.25) is 0 Å². The fourth-order valence-corrected chi connectivity index (χ4v) is 2.04. The molecule has 2 aromatic carbocycles. The zero-order valence-electron chi connectivity index (χ0n) is 9.13. The molecule has 2 heteroatoms. The lowest BCUT2D eigenvalue weighted by molar-refractivity contribution is 0.476. The molecule has 0 amide bonds. The fourth-order valence-electron chi connectivity index (χ4n) is 2.04. The Balaban J connectivity index is 2.95. The number of aryl methyl sites for hydroxylation is 1. The Labute approximate surface area is 93.8 Å². The Hall–Kier alpha value is -1.83. The van der Waals surface area contributed by atoms with Crippen LogP contribution in [0.2, 0.25) is 0 Å². The summed E-state index contributed by atoms with van der Waals surface area (Å²) in [6.07, 6.45) is 2.26. The summed E-state index contributed by atoms with van der Waals surface area (Å²) in [5.41, 5.74) is 1.44. The molecule has 0 atom stereocenters. The summed E-state index contributed by atoms with van der Waals surface area (Å²) in [5.74, 6) is -0.0279. The van der Waals surface area contributed by atoms with E-state index in [-0.39, 0.29) is 11.6 Å². The van der Waals surface area contributed by atoms with Crippen LogP contribution in [-0.4, -0.2) is 5.11 Å². The van der Waals surface area contributed by atoms with Crippen LogP contribution in [0.15, 0.2) is 30.8 Å². The van der Waals surface area contributed by atoms with Gasteiger partial charge in [-0.15, -0.1) is 0 Å². The van der Waals surface area contributed by atoms with Crippen LogP contribution in [0.1, 0.15) is 18.1 Å². The lowest BCUT2D eigenvalue weighted by Gasteiger charge is -2.09. The van der Waals surface area contributed by atoms with Crippen molar-refractivity contribution in [3.63, 3.8) is 0 Å². The van der Waals surface area contributed by atoms with E-state index in [4.69, 9.17) is 0 Å². The Morgan fingerprint density at radius 2 is 2.12 bits per heavy atom. The van der Waals surface area contributed by atoms with Crippen molar-refractivity contribution < 1.29 is 9.50 Å². The number of rotatable bonds is 2. The molecule has 0 aliphatic carbocycles. The van der Waals surface area contributed by atoms with Crippen molar-refractivity contribution >= 4 is 16.8 Å². The number of phenols is 1. The van der Waals surface area contributed by atoms with Crippen molar-refractivity contribution in [1.82, 2.24) is 0 Å². The maximum absolute atomic E-state index is 13.6. The highest BCUT2D eigenvalue weighted by molar-refractivity contribution is 5.94. The highest BCUT2D eigenvalue weighted by atomic mass is 19.1. The second-order valence-corrected chi connectivity index (χ2v) is 3.72. The van der Waals surface area contributed by atoms with E-state index >= 15 is 0 Å². The number of phenolic OH excluding ortho intramolecular Hbond substituents is 1. The highest BCUT2D eigenvalue weighted by Crippen LogP contribution is 2.30. The van der Waals surface area contributed by atoms with Crippen LogP contribution >= 0.6 is 0 Å². The molecular formula is C14H13FO. The molecule has 0 saturated carbocycles. The van der Waals surface area contributed by atoms with Crippen molar-refractivity contribution in [2.24, 2.45) is 0 Å². The van der Waals surface area contributed by atoms with E-state index < -0.39 is 0 Å². The molecule has 0 fully saturated rings. The van der Waals surface area contributed by atoms with Crippen molar-refractivity contribution in [2.45, 2.75) is 13.3 Å². The first-order chi connectivity index (χ1) is 7.67. The Morgan fingerprint density at radius 1 is 1.38 bits per heavy atom. The molecule has 0 heterocycles. The van der Waals surface area contributed by atoms with E-state index in [0.717, 1.165) is 16.3 Å². The maximum Gasteiger partial charge on any atom is 0.127 e. The molecular weight excluding hydrogens is 203 g/mol. The van der Waals surface area contributed by atoms with Gasteiger partial charge >= 0.3 is 0 Å². The lowest BCUT2D eigenvalue weighted by Crippen LogP contribution is -1.92. The van der Waals surface area contributed by atoms with Gasteiger partial charge in [0.2, 0.25) is 0 Å². The summed E-state index contributed by atoms with van der Waals surface area (Å²) in [4.78, 5) is 0. The third-order valence-corrected chi connectivity index (χ3v) is 2.76. The van der Waals surface area contributed by atoms with E-state index in [1.807, 2.05) is 6.92 Å². The van der Waals surface area contributed by atoms with Gasteiger partial charge in [-0.2, -0.15) is 0 Å². The molecule has 2 aromatic rings. The van der Waals surface area contributed by atoms with Gasteiger partial charge < -0.3 is 5.11 Å². The fraction of sp³-hybridized carbons (Fsp3) is 0.143. The molecule has 0 spiro atoms. The number of aromatic hydroxyl groups is 1. The van der Waals surface area contributed by atoms with Gasteiger partial charge in [-0.1, -0.05) is 25.6 Å². The molecule has 0 saturated heterocycles. The summed E-state index contributed by atoms with van der Waals surface area (Å²) < 4.78 is 13.6. The van der Waals surface area contributed by atoms with E-state index in [9.17, 15) is 9.50 Å². The molecule has 16 heavy (non-hydrogen) atoms. The lowest BCUT2D eigenvalue weighted by atomic mass is 9.97. The van der Waals surface area contributed by atoms with Crippen LogP contribution in [0.3, 0.4) is 0 Å². The summed E-state index contributed by atoms with van der Waals surface area (Å²) in [5, 5.41) is 11.2. The summed E-state index contributed by atoms with van der Waals surface area (Å²) in [7, 11) is 0. The van der Waals surface area contributed by atoms with E-state index in [1.165, 1.54) is 6.07 Å². The van der Waals surface area contributed by atoms with Crippen molar-refractivity contribution in [3.8, 4) is 5.75 Å². The average Bonchev–Trinajstić information content (AvgIpc) is 2.28. The molecule has 1 nitrogen and oxygen atoms in total. The Morgan fingerprint density at radius 3 is 2.75 bits per heavy atom. The van der Waals surface area contributed by atoms with Gasteiger partial charge in [-0.05, 0) is 46.5 Å². The summed E-state index contributed by atoms with van der Waals surface area (Å²) >= 11 is 0. The minimum absolute atomic E-state index is 0.177. The zero-order chi connectivity index (χ0) is 11.7. The highest BCUT2D eigenvalue weighted by Gasteiger charge is 2.09. The van der Waals surface area contributed by atoms with Crippen LogP contribution in [-0.2, 0) is 6.42 Å². The van der Waals surface area contributed by atoms with Gasteiger partial charge in [0.05, 0.1) is 0 Å². The van der Waals surface area contributed by atoms with Crippen LogP contribution in [0.5, 0.6) is 5.75 Å². The Bertz CT molecular complexity index is 558. The molecule has 0 unspecified atom stereocenters. The van der Waals surface area contributed by atoms with Crippen molar-refractivity contribution in [2.75, 3.05) is 0 Å². The quantitative estimate of drug-likeness (QED) is 0.807. The average molecular weight is 216 g/mol. The first-order valence-corrected chi connectivity index (χ1v) is 5.24. The molecule has 2 rings (SSSR count). The first kappa shape index (κ1) is 10.7. The van der Waals surface area contributed by atoms with Crippen molar-refractivity contribution in [1.29, 1.82) is 0 Å². The van der Waals surface area contributed by atoms with Crippen LogP contribution < -0.4 is 0 Å². The third kappa shape index (κ3) is 1.56. The first-order valence-electron chi connectivity index (χ1n) is 5.24. The number of hydrogen-bond donors (Lipinski definition) is 1. The van der Waals surface area contributed by atoms with E-state index in [0.29, 0.717) is 12.0 Å². The van der Waals surface area contributed by atoms with E-state index in [2.05, 4.69) is 6.58 Å². The van der Waals surface area contributed by atoms with Gasteiger partial charge in [-0.25, -0.2) is 4.39 Å². The van der Waals surface area contributed by atoms with Crippen LogP contribution in [0, 0.1) is 5.82 Å².